The molecule has 0 aliphatic rings. The highest BCUT2D eigenvalue weighted by Gasteiger charge is 2.12. The Morgan fingerprint density at radius 1 is 1.26 bits per heavy atom. The number of rotatable bonds is 4. The van der Waals surface area contributed by atoms with Crippen molar-refractivity contribution in [3.05, 3.63) is 68.1 Å². The van der Waals surface area contributed by atoms with Gasteiger partial charge in [-0.05, 0) is 32.0 Å². The quantitative estimate of drug-likeness (QED) is 0.676. The van der Waals surface area contributed by atoms with Gasteiger partial charge in [-0.15, -0.1) is 0 Å². The number of hydrogen-bond acceptors (Lipinski definition) is 3. The molecule has 0 aliphatic carbocycles. The number of benzene rings is 1. The van der Waals surface area contributed by atoms with Gasteiger partial charge in [-0.1, -0.05) is 35.3 Å². The number of hydrogen-bond donors (Lipinski definition) is 1. The van der Waals surface area contributed by atoms with E-state index in [0.29, 0.717) is 15.6 Å². The minimum atomic E-state index is -0.584. The Kier molecular flexibility index (Phi) is 5.58. The topological polar surface area (TPSA) is 63.5 Å². The Hall–Kier alpha value is -2.11. The number of carbonyl (C=O) groups is 1. The summed E-state index contributed by atoms with van der Waals surface area (Å²) in [4.78, 5) is 24.3. The molecule has 0 saturated heterocycles. The van der Waals surface area contributed by atoms with Crippen LogP contribution in [0, 0.1) is 0 Å². The van der Waals surface area contributed by atoms with E-state index in [2.05, 4.69) is 10.5 Å². The van der Waals surface area contributed by atoms with Crippen molar-refractivity contribution in [3.63, 3.8) is 0 Å². The fourth-order valence-corrected chi connectivity index (χ4v) is 2.29. The molecule has 1 aromatic heterocycles. The lowest BCUT2D eigenvalue weighted by Gasteiger charge is -2.10. The Bertz CT molecular complexity index is 813. The number of hydrazone groups is 1. The van der Waals surface area contributed by atoms with Crippen molar-refractivity contribution in [2.45, 2.75) is 19.9 Å². The van der Waals surface area contributed by atoms with Crippen LogP contribution < -0.4 is 11.0 Å². The summed E-state index contributed by atoms with van der Waals surface area (Å²) in [5.41, 5.74) is 2.54. The first-order chi connectivity index (χ1) is 10.9. The van der Waals surface area contributed by atoms with Crippen LogP contribution in [0.25, 0.3) is 0 Å². The molecule has 0 radical (unpaired) electrons. The summed E-state index contributed by atoms with van der Waals surface area (Å²) in [6, 6.07) is 8.14. The number of nitrogens with one attached hydrogen (secondary N) is 1. The van der Waals surface area contributed by atoms with Crippen molar-refractivity contribution in [1.29, 1.82) is 0 Å². The highest BCUT2D eigenvalue weighted by Crippen LogP contribution is 2.24. The molecule has 5 nitrogen and oxygen atoms in total. The van der Waals surface area contributed by atoms with E-state index in [1.807, 2.05) is 13.8 Å². The van der Waals surface area contributed by atoms with Crippen molar-refractivity contribution >= 4 is 35.3 Å². The van der Waals surface area contributed by atoms with Crippen molar-refractivity contribution in [3.8, 4) is 0 Å². The van der Waals surface area contributed by atoms with Crippen LogP contribution in [0.4, 0.5) is 0 Å². The van der Waals surface area contributed by atoms with Gasteiger partial charge >= 0.3 is 0 Å². The zero-order valence-electron chi connectivity index (χ0n) is 12.6. The van der Waals surface area contributed by atoms with E-state index in [0.717, 1.165) is 0 Å². The molecular formula is C16H15Cl2N3O2. The zero-order chi connectivity index (χ0) is 17.0. The van der Waals surface area contributed by atoms with Crippen LogP contribution in [0.1, 0.15) is 35.8 Å². The number of pyridine rings is 1. The summed E-state index contributed by atoms with van der Waals surface area (Å²) in [5, 5.41) is 4.55. The van der Waals surface area contributed by atoms with Gasteiger partial charge in [-0.2, -0.15) is 5.10 Å². The van der Waals surface area contributed by atoms with Crippen LogP contribution in [0.3, 0.4) is 0 Å². The molecule has 0 aliphatic heterocycles. The summed E-state index contributed by atoms with van der Waals surface area (Å²) in [5.74, 6) is -0.584. The van der Waals surface area contributed by atoms with E-state index in [-0.39, 0.29) is 17.2 Å². The lowest BCUT2D eigenvalue weighted by Crippen LogP contribution is -2.31. The molecular weight excluding hydrogens is 337 g/mol. The fourth-order valence-electron chi connectivity index (χ4n) is 1.93. The van der Waals surface area contributed by atoms with Crippen LogP contribution >= 0.6 is 23.2 Å². The third-order valence-corrected chi connectivity index (χ3v) is 3.96. The number of aromatic nitrogens is 1. The van der Waals surface area contributed by atoms with Crippen LogP contribution in [0.15, 0.2) is 46.4 Å². The van der Waals surface area contributed by atoms with Gasteiger partial charge in [-0.3, -0.25) is 9.59 Å². The first kappa shape index (κ1) is 17.2. The van der Waals surface area contributed by atoms with E-state index >= 15 is 0 Å². The molecule has 0 fully saturated rings. The minimum Gasteiger partial charge on any atom is -0.312 e. The van der Waals surface area contributed by atoms with E-state index in [1.165, 1.54) is 16.8 Å². The normalized spacial score (nSPS) is 11.2. The van der Waals surface area contributed by atoms with Gasteiger partial charge in [0.1, 0.15) is 5.56 Å². The van der Waals surface area contributed by atoms with E-state index < -0.39 is 5.91 Å². The summed E-state index contributed by atoms with van der Waals surface area (Å²) >= 11 is 11.9. The van der Waals surface area contributed by atoms with Crippen molar-refractivity contribution < 1.29 is 4.79 Å². The summed E-state index contributed by atoms with van der Waals surface area (Å²) in [6.45, 7) is 3.73. The lowest BCUT2D eigenvalue weighted by molar-refractivity contribution is 0.0953. The number of amides is 1. The Morgan fingerprint density at radius 3 is 2.70 bits per heavy atom. The van der Waals surface area contributed by atoms with Crippen molar-refractivity contribution in [2.75, 3.05) is 0 Å². The third kappa shape index (κ3) is 4.00. The molecule has 120 valence electrons. The number of halogens is 2. The molecule has 0 spiro atoms. The monoisotopic (exact) mass is 351 g/mol. The maximum Gasteiger partial charge on any atom is 0.276 e. The molecule has 1 heterocycles. The van der Waals surface area contributed by atoms with Gasteiger partial charge < -0.3 is 4.57 Å². The first-order valence-electron chi connectivity index (χ1n) is 6.90. The van der Waals surface area contributed by atoms with E-state index in [4.69, 9.17) is 23.2 Å². The lowest BCUT2D eigenvalue weighted by atomic mass is 10.2. The third-order valence-electron chi connectivity index (χ3n) is 3.13. The van der Waals surface area contributed by atoms with Gasteiger partial charge in [0.15, 0.2) is 0 Å². The smallest absolute Gasteiger partial charge is 0.276 e. The molecule has 0 unspecified atom stereocenters. The Labute approximate surface area is 143 Å². The van der Waals surface area contributed by atoms with Gasteiger partial charge in [0, 0.05) is 17.8 Å². The molecule has 2 aromatic rings. The van der Waals surface area contributed by atoms with Gasteiger partial charge in [0.05, 0.1) is 16.3 Å². The zero-order valence-corrected chi connectivity index (χ0v) is 14.1. The minimum absolute atomic E-state index is 0.0236. The summed E-state index contributed by atoms with van der Waals surface area (Å²) < 4.78 is 1.48. The maximum atomic E-state index is 12.2. The molecule has 0 bridgehead atoms. The van der Waals surface area contributed by atoms with Crippen molar-refractivity contribution in [2.24, 2.45) is 5.10 Å². The predicted molar refractivity (Wildman–Crippen MR) is 92.6 cm³/mol. The van der Waals surface area contributed by atoms with Crippen LogP contribution in [-0.2, 0) is 0 Å². The van der Waals surface area contributed by atoms with Crippen LogP contribution in [-0.4, -0.2) is 16.7 Å². The summed E-state index contributed by atoms with van der Waals surface area (Å²) in [6.07, 6.45) is 3.01. The average molecular weight is 352 g/mol. The van der Waals surface area contributed by atoms with Crippen LogP contribution in [0.5, 0.6) is 0 Å². The fraction of sp³-hybridized carbons (Fsp3) is 0.188. The highest BCUT2D eigenvalue weighted by molar-refractivity contribution is 6.43. The van der Waals surface area contributed by atoms with E-state index in [1.54, 1.807) is 30.5 Å². The summed E-state index contributed by atoms with van der Waals surface area (Å²) in [7, 11) is 0. The largest absolute Gasteiger partial charge is 0.312 e. The molecule has 7 heteroatoms. The average Bonchev–Trinajstić information content (AvgIpc) is 2.51. The molecule has 1 aromatic carbocycles. The molecule has 1 N–H and O–H groups in total. The van der Waals surface area contributed by atoms with Gasteiger partial charge in [0.25, 0.3) is 11.5 Å². The molecule has 23 heavy (non-hydrogen) atoms. The predicted octanol–water partition coefficient (Wildman–Crippen LogP) is 3.50. The van der Waals surface area contributed by atoms with Gasteiger partial charge in [-0.25, -0.2) is 5.43 Å². The second kappa shape index (κ2) is 7.44. The van der Waals surface area contributed by atoms with Crippen molar-refractivity contribution in [1.82, 2.24) is 9.99 Å². The highest BCUT2D eigenvalue weighted by atomic mass is 35.5. The molecule has 0 saturated carbocycles. The molecule has 1 amide bonds. The number of carbonyl (C=O) groups excluding carboxylic acids is 1. The SMILES string of the molecule is CC(C)n1cccc(C(=O)N/N=C\c2cccc(Cl)c2Cl)c1=O. The van der Waals surface area contributed by atoms with E-state index in [9.17, 15) is 9.59 Å². The Morgan fingerprint density at radius 2 is 2.00 bits per heavy atom. The van der Waals surface area contributed by atoms with Crippen LogP contribution in [0.2, 0.25) is 10.0 Å². The maximum absolute atomic E-state index is 12.2. The molecule has 0 atom stereocenters. The van der Waals surface area contributed by atoms with Gasteiger partial charge in [0.2, 0.25) is 0 Å². The second-order valence-electron chi connectivity index (χ2n) is 5.07. The first-order valence-corrected chi connectivity index (χ1v) is 7.66. The Balaban J connectivity index is 2.17. The second-order valence-corrected chi connectivity index (χ2v) is 5.86. The molecule has 2 rings (SSSR count). The number of nitrogens with zero attached hydrogens (tertiary/aromatic N) is 2. The standard InChI is InChI=1S/C16H15Cl2N3O2/c1-10(2)21-8-4-6-12(16(21)23)15(22)20-19-9-11-5-3-7-13(17)14(11)18/h3-10H,1-2H3,(H,20,22)/b19-9-.